The third-order valence-corrected chi connectivity index (χ3v) is 7.47. The van der Waals surface area contributed by atoms with Gasteiger partial charge in [0.25, 0.3) is 0 Å². The summed E-state index contributed by atoms with van der Waals surface area (Å²) in [4.78, 5) is 14.1. The van der Waals surface area contributed by atoms with E-state index in [2.05, 4.69) is 0 Å². The topological polar surface area (TPSA) is 54.5 Å². The Morgan fingerprint density at radius 3 is 2.75 bits per heavy atom. The number of carbonyl (C=O) groups excluding carboxylic acids is 1. The normalized spacial score (nSPS) is 20.5. The quantitative estimate of drug-likeness (QED) is 0.816. The van der Waals surface area contributed by atoms with Crippen LogP contribution in [0.1, 0.15) is 22.8 Å². The lowest BCUT2D eigenvalue weighted by atomic mass is 10.1. The summed E-state index contributed by atoms with van der Waals surface area (Å²) in [5.41, 5.74) is 1.60. The third kappa shape index (κ3) is 3.82. The summed E-state index contributed by atoms with van der Waals surface area (Å²) in [7, 11) is -3.34. The summed E-state index contributed by atoms with van der Waals surface area (Å²) in [6, 6.07) is 8.96. The molecule has 0 saturated carbocycles. The Morgan fingerprint density at radius 1 is 1.25 bits per heavy atom. The van der Waals surface area contributed by atoms with E-state index in [9.17, 15) is 13.2 Å². The van der Waals surface area contributed by atoms with E-state index in [0.717, 1.165) is 5.56 Å². The number of halogens is 1. The first-order valence-electron chi connectivity index (χ1n) is 7.72. The van der Waals surface area contributed by atoms with Crippen LogP contribution < -0.4 is 0 Å². The maximum Gasteiger partial charge on any atom is 0.227 e. The van der Waals surface area contributed by atoms with Crippen LogP contribution in [-0.2, 0) is 21.1 Å². The van der Waals surface area contributed by atoms with Gasteiger partial charge >= 0.3 is 0 Å². The molecule has 0 radical (unpaired) electrons. The van der Waals surface area contributed by atoms with Gasteiger partial charge < -0.3 is 4.90 Å². The number of sulfone groups is 1. The largest absolute Gasteiger partial charge is 0.341 e. The lowest BCUT2D eigenvalue weighted by molar-refractivity contribution is -0.130. The Balaban J connectivity index is 1.77. The van der Waals surface area contributed by atoms with Gasteiger partial charge in [-0.15, -0.1) is 0 Å². The molecule has 0 bridgehead atoms. The maximum absolute atomic E-state index is 12.6. The van der Waals surface area contributed by atoms with E-state index in [-0.39, 0.29) is 18.2 Å². The second kappa shape index (κ2) is 7.25. The fourth-order valence-electron chi connectivity index (χ4n) is 2.96. The molecule has 0 N–H and O–H groups in total. The van der Waals surface area contributed by atoms with E-state index in [1.165, 1.54) is 0 Å². The number of amides is 1. The van der Waals surface area contributed by atoms with Crippen LogP contribution in [0.5, 0.6) is 0 Å². The average molecular weight is 384 g/mol. The van der Waals surface area contributed by atoms with Gasteiger partial charge in [-0.2, -0.15) is 11.3 Å². The molecule has 0 aliphatic carbocycles. The van der Waals surface area contributed by atoms with Crippen LogP contribution in [0.15, 0.2) is 41.1 Å². The van der Waals surface area contributed by atoms with Crippen molar-refractivity contribution >= 4 is 38.7 Å². The van der Waals surface area contributed by atoms with Gasteiger partial charge in [0.2, 0.25) is 5.91 Å². The molecule has 1 aromatic carbocycles. The van der Waals surface area contributed by atoms with Crippen molar-refractivity contribution < 1.29 is 13.2 Å². The van der Waals surface area contributed by atoms with Crippen LogP contribution in [0, 0.1) is 0 Å². The molecule has 24 heavy (non-hydrogen) atoms. The number of benzene rings is 1. The van der Waals surface area contributed by atoms with Crippen molar-refractivity contribution in [3.8, 4) is 0 Å². The average Bonchev–Trinajstić information content (AvgIpc) is 2.98. The number of rotatable bonds is 3. The van der Waals surface area contributed by atoms with Gasteiger partial charge in [0.1, 0.15) is 0 Å². The molecule has 4 nitrogen and oxygen atoms in total. The SMILES string of the molecule is O=C(Cc1ccsc1)N1CCC(c2ccccc2Cl)S(=O)(=O)CC1. The van der Waals surface area contributed by atoms with Crippen molar-refractivity contribution in [2.24, 2.45) is 0 Å². The van der Waals surface area contributed by atoms with Gasteiger partial charge in [-0.1, -0.05) is 29.8 Å². The molecule has 1 atom stereocenters. The van der Waals surface area contributed by atoms with Crippen LogP contribution in [0.4, 0.5) is 0 Å². The Morgan fingerprint density at radius 2 is 2.04 bits per heavy atom. The first-order valence-corrected chi connectivity index (χ1v) is 10.8. The van der Waals surface area contributed by atoms with Crippen molar-refractivity contribution in [1.82, 2.24) is 4.90 Å². The molecule has 7 heteroatoms. The van der Waals surface area contributed by atoms with E-state index in [1.54, 1.807) is 40.5 Å². The number of hydrogen-bond donors (Lipinski definition) is 0. The second-order valence-electron chi connectivity index (χ2n) is 5.85. The highest BCUT2D eigenvalue weighted by molar-refractivity contribution is 7.91. The third-order valence-electron chi connectivity index (χ3n) is 4.28. The Labute approximate surface area is 151 Å². The number of carbonyl (C=O) groups is 1. The van der Waals surface area contributed by atoms with Gasteiger partial charge in [0, 0.05) is 18.1 Å². The van der Waals surface area contributed by atoms with E-state index in [1.807, 2.05) is 16.8 Å². The van der Waals surface area contributed by atoms with Gasteiger partial charge in [-0.3, -0.25) is 4.79 Å². The van der Waals surface area contributed by atoms with E-state index in [0.29, 0.717) is 30.0 Å². The van der Waals surface area contributed by atoms with Gasteiger partial charge in [-0.05, 0) is 40.4 Å². The first-order chi connectivity index (χ1) is 11.5. The van der Waals surface area contributed by atoms with Crippen molar-refractivity contribution in [2.45, 2.75) is 18.1 Å². The molecule has 1 aliphatic rings. The summed E-state index contributed by atoms with van der Waals surface area (Å²) >= 11 is 7.74. The van der Waals surface area contributed by atoms with Crippen LogP contribution in [0.3, 0.4) is 0 Å². The number of nitrogens with zero attached hydrogens (tertiary/aromatic N) is 1. The summed E-state index contributed by atoms with van der Waals surface area (Å²) in [6.45, 7) is 0.671. The highest BCUT2D eigenvalue weighted by atomic mass is 35.5. The van der Waals surface area contributed by atoms with Crippen molar-refractivity contribution in [1.29, 1.82) is 0 Å². The summed E-state index contributed by atoms with van der Waals surface area (Å²) in [5.74, 6) is -0.0541. The van der Waals surface area contributed by atoms with Crippen LogP contribution in [0.2, 0.25) is 5.02 Å². The molecular weight excluding hydrogens is 366 g/mol. The minimum absolute atomic E-state index is 0.0246. The molecule has 0 spiro atoms. The molecule has 128 valence electrons. The molecule has 1 saturated heterocycles. The highest BCUT2D eigenvalue weighted by Crippen LogP contribution is 2.33. The van der Waals surface area contributed by atoms with Crippen LogP contribution >= 0.6 is 22.9 Å². The van der Waals surface area contributed by atoms with Crippen LogP contribution in [0.25, 0.3) is 0 Å². The second-order valence-corrected chi connectivity index (χ2v) is 9.35. The fraction of sp³-hybridized carbons (Fsp3) is 0.353. The molecule has 1 aliphatic heterocycles. The molecule has 1 fully saturated rings. The standard InChI is InChI=1S/C17H18ClNO3S2/c18-15-4-2-1-3-14(15)16-5-7-19(8-10-24(16,21)22)17(20)11-13-6-9-23-12-13/h1-4,6,9,12,16H,5,7-8,10-11H2. The molecule has 1 unspecified atom stereocenters. The van der Waals surface area contributed by atoms with Crippen molar-refractivity contribution in [3.05, 3.63) is 57.2 Å². The summed E-state index contributed by atoms with van der Waals surface area (Å²) < 4.78 is 25.3. The molecule has 1 aromatic heterocycles. The molecule has 2 aromatic rings. The monoisotopic (exact) mass is 383 g/mol. The molecule has 2 heterocycles. The lowest BCUT2D eigenvalue weighted by Crippen LogP contribution is -2.34. The summed E-state index contributed by atoms with van der Waals surface area (Å²) in [5, 5.41) is 3.69. The predicted molar refractivity (Wildman–Crippen MR) is 97.2 cm³/mol. The van der Waals surface area contributed by atoms with E-state index < -0.39 is 15.1 Å². The zero-order valence-corrected chi connectivity index (χ0v) is 15.4. The Kier molecular flexibility index (Phi) is 5.27. The van der Waals surface area contributed by atoms with Crippen LogP contribution in [-0.4, -0.2) is 38.1 Å². The van der Waals surface area contributed by atoms with E-state index in [4.69, 9.17) is 11.6 Å². The van der Waals surface area contributed by atoms with Gasteiger partial charge in [0.05, 0.1) is 17.4 Å². The van der Waals surface area contributed by atoms with E-state index >= 15 is 0 Å². The Bertz CT molecular complexity index is 818. The minimum Gasteiger partial charge on any atom is -0.341 e. The first kappa shape index (κ1) is 17.5. The predicted octanol–water partition coefficient (Wildman–Crippen LogP) is 3.33. The zero-order valence-electron chi connectivity index (χ0n) is 13.0. The van der Waals surface area contributed by atoms with Crippen molar-refractivity contribution in [3.63, 3.8) is 0 Å². The summed E-state index contributed by atoms with van der Waals surface area (Å²) in [6.07, 6.45) is 0.696. The van der Waals surface area contributed by atoms with Gasteiger partial charge in [0.15, 0.2) is 9.84 Å². The highest BCUT2D eigenvalue weighted by Gasteiger charge is 2.33. The molecule has 1 amide bonds. The molecular formula is C17H18ClNO3S2. The zero-order chi connectivity index (χ0) is 17.2. The lowest BCUT2D eigenvalue weighted by Gasteiger charge is -2.20. The smallest absolute Gasteiger partial charge is 0.227 e. The van der Waals surface area contributed by atoms with Crippen molar-refractivity contribution in [2.75, 3.05) is 18.8 Å². The van der Waals surface area contributed by atoms with Gasteiger partial charge in [-0.25, -0.2) is 8.42 Å². The molecule has 3 rings (SSSR count). The number of hydrogen-bond acceptors (Lipinski definition) is 4. The minimum atomic E-state index is -3.34. The fourth-order valence-corrected chi connectivity index (χ4v) is 5.78. The maximum atomic E-state index is 12.6. The number of thiophene rings is 1. The Hall–Kier alpha value is -1.37.